The topological polar surface area (TPSA) is 43.1 Å². The quantitative estimate of drug-likeness (QED) is 0.809. The number of hydrogen-bond acceptors (Lipinski definition) is 2. The van der Waals surface area contributed by atoms with Crippen molar-refractivity contribution in [1.29, 1.82) is 0 Å². The summed E-state index contributed by atoms with van der Waals surface area (Å²) in [7, 11) is 0. The molecule has 0 heterocycles. The van der Waals surface area contributed by atoms with Crippen molar-refractivity contribution in [3.8, 4) is 0 Å². The lowest BCUT2D eigenvalue weighted by molar-refractivity contribution is 0.0909. The van der Waals surface area contributed by atoms with Crippen LogP contribution in [0.5, 0.6) is 0 Å². The Bertz CT molecular complexity index is 421. The van der Waals surface area contributed by atoms with Gasteiger partial charge in [-0.05, 0) is 31.0 Å². The number of nitrogens with two attached hydrogens (primary N) is 1. The van der Waals surface area contributed by atoms with E-state index in [2.05, 4.69) is 0 Å². The van der Waals surface area contributed by atoms with E-state index in [9.17, 15) is 9.18 Å². The van der Waals surface area contributed by atoms with E-state index in [4.69, 9.17) is 17.3 Å². The second kappa shape index (κ2) is 4.52. The van der Waals surface area contributed by atoms with E-state index < -0.39 is 5.82 Å². The summed E-state index contributed by atoms with van der Waals surface area (Å²) < 4.78 is 13.5. The first-order valence-corrected chi connectivity index (χ1v) is 5.72. The standard InChI is InChI=1S/C12H13ClFNO/c13-7-4-5-8(10(14)6-7)12(16)9-2-1-3-11(9)15/h4-6,9,11H,1-3,15H2. The molecule has 0 aromatic heterocycles. The first-order valence-electron chi connectivity index (χ1n) is 5.34. The van der Waals surface area contributed by atoms with E-state index in [1.165, 1.54) is 12.1 Å². The highest BCUT2D eigenvalue weighted by molar-refractivity contribution is 6.30. The van der Waals surface area contributed by atoms with Crippen molar-refractivity contribution >= 4 is 17.4 Å². The average molecular weight is 242 g/mol. The molecule has 1 fully saturated rings. The molecule has 1 aliphatic carbocycles. The number of hydrogen-bond donors (Lipinski definition) is 1. The molecule has 1 saturated carbocycles. The van der Waals surface area contributed by atoms with Gasteiger partial charge in [0.05, 0.1) is 5.56 Å². The van der Waals surface area contributed by atoms with Crippen LogP contribution in [0.25, 0.3) is 0 Å². The lowest BCUT2D eigenvalue weighted by atomic mass is 9.93. The molecule has 0 aliphatic heterocycles. The minimum Gasteiger partial charge on any atom is -0.327 e. The fourth-order valence-electron chi connectivity index (χ4n) is 2.20. The van der Waals surface area contributed by atoms with Crippen LogP contribution in [-0.4, -0.2) is 11.8 Å². The average Bonchev–Trinajstić information content (AvgIpc) is 2.63. The Morgan fingerprint density at radius 3 is 2.75 bits per heavy atom. The molecule has 2 N–H and O–H groups in total. The fourth-order valence-corrected chi connectivity index (χ4v) is 2.36. The minimum atomic E-state index is -0.559. The molecule has 16 heavy (non-hydrogen) atoms. The summed E-state index contributed by atoms with van der Waals surface area (Å²) >= 11 is 5.63. The molecule has 0 bridgehead atoms. The summed E-state index contributed by atoms with van der Waals surface area (Å²) in [5.74, 6) is -0.994. The number of ketones is 1. The minimum absolute atomic E-state index is 0.103. The highest BCUT2D eigenvalue weighted by Gasteiger charge is 2.32. The first-order chi connectivity index (χ1) is 7.59. The molecule has 1 aromatic carbocycles. The summed E-state index contributed by atoms with van der Waals surface area (Å²) in [6.45, 7) is 0. The van der Waals surface area contributed by atoms with Crippen molar-refractivity contribution in [3.63, 3.8) is 0 Å². The van der Waals surface area contributed by atoms with Crippen LogP contribution in [-0.2, 0) is 0 Å². The zero-order chi connectivity index (χ0) is 11.7. The molecule has 86 valence electrons. The number of Topliss-reactive ketones (excluding diaryl/α,β-unsaturated/α-hetero) is 1. The van der Waals surface area contributed by atoms with Gasteiger partial charge < -0.3 is 5.73 Å². The Balaban J connectivity index is 2.27. The molecule has 2 atom stereocenters. The fraction of sp³-hybridized carbons (Fsp3) is 0.417. The number of carbonyl (C=O) groups is 1. The summed E-state index contributed by atoms with van der Waals surface area (Å²) in [6.07, 6.45) is 2.53. The van der Waals surface area contributed by atoms with E-state index in [0.717, 1.165) is 25.3 Å². The van der Waals surface area contributed by atoms with Crippen LogP contribution in [0, 0.1) is 11.7 Å². The highest BCUT2D eigenvalue weighted by atomic mass is 35.5. The van der Waals surface area contributed by atoms with Crippen LogP contribution >= 0.6 is 11.6 Å². The van der Waals surface area contributed by atoms with Gasteiger partial charge in [-0.15, -0.1) is 0 Å². The molecular formula is C12H13ClFNO. The molecule has 0 radical (unpaired) electrons. The van der Waals surface area contributed by atoms with Gasteiger partial charge in [-0.1, -0.05) is 18.0 Å². The highest BCUT2D eigenvalue weighted by Crippen LogP contribution is 2.28. The maximum atomic E-state index is 13.5. The van der Waals surface area contributed by atoms with Crippen LogP contribution in [0.2, 0.25) is 5.02 Å². The van der Waals surface area contributed by atoms with Crippen molar-refractivity contribution in [2.45, 2.75) is 25.3 Å². The van der Waals surface area contributed by atoms with Crippen LogP contribution < -0.4 is 5.73 Å². The maximum Gasteiger partial charge on any atom is 0.170 e. The second-order valence-electron chi connectivity index (χ2n) is 4.19. The molecule has 4 heteroatoms. The van der Waals surface area contributed by atoms with Crippen molar-refractivity contribution in [2.24, 2.45) is 11.7 Å². The third kappa shape index (κ3) is 2.11. The van der Waals surface area contributed by atoms with Crippen molar-refractivity contribution < 1.29 is 9.18 Å². The number of rotatable bonds is 2. The predicted octanol–water partition coefficient (Wildman–Crippen LogP) is 2.79. The van der Waals surface area contributed by atoms with E-state index in [-0.39, 0.29) is 23.3 Å². The predicted molar refractivity (Wildman–Crippen MR) is 61.1 cm³/mol. The lowest BCUT2D eigenvalue weighted by Gasteiger charge is -2.14. The third-order valence-electron chi connectivity index (χ3n) is 3.10. The number of carbonyl (C=O) groups excluding carboxylic acids is 1. The molecule has 0 spiro atoms. The van der Waals surface area contributed by atoms with Gasteiger partial charge in [-0.25, -0.2) is 4.39 Å². The SMILES string of the molecule is NC1CCCC1C(=O)c1ccc(Cl)cc1F. The summed E-state index contributed by atoms with van der Waals surface area (Å²) in [6, 6.07) is 3.99. The Morgan fingerprint density at radius 2 is 2.19 bits per heavy atom. The third-order valence-corrected chi connectivity index (χ3v) is 3.34. The van der Waals surface area contributed by atoms with Crippen molar-refractivity contribution in [2.75, 3.05) is 0 Å². The van der Waals surface area contributed by atoms with E-state index in [0.29, 0.717) is 5.02 Å². The van der Waals surface area contributed by atoms with Crippen molar-refractivity contribution in [1.82, 2.24) is 0 Å². The molecular weight excluding hydrogens is 229 g/mol. The van der Waals surface area contributed by atoms with Crippen molar-refractivity contribution in [3.05, 3.63) is 34.6 Å². The van der Waals surface area contributed by atoms with Gasteiger partial charge >= 0.3 is 0 Å². The molecule has 1 aliphatic rings. The van der Waals surface area contributed by atoms with Crippen LogP contribution in [0.3, 0.4) is 0 Å². The van der Waals surface area contributed by atoms with Gasteiger partial charge in [-0.2, -0.15) is 0 Å². The lowest BCUT2D eigenvalue weighted by Crippen LogP contribution is -2.31. The molecule has 0 saturated heterocycles. The normalized spacial score (nSPS) is 24.7. The summed E-state index contributed by atoms with van der Waals surface area (Å²) in [4.78, 5) is 12.0. The van der Waals surface area contributed by atoms with Gasteiger partial charge in [0, 0.05) is 17.0 Å². The van der Waals surface area contributed by atoms with Gasteiger partial charge in [0.2, 0.25) is 0 Å². The Morgan fingerprint density at radius 1 is 1.44 bits per heavy atom. The first kappa shape index (κ1) is 11.6. The van der Waals surface area contributed by atoms with Gasteiger partial charge in [0.1, 0.15) is 5.82 Å². The van der Waals surface area contributed by atoms with Crippen LogP contribution in [0.1, 0.15) is 29.6 Å². The zero-order valence-corrected chi connectivity index (χ0v) is 9.51. The number of halogens is 2. The van der Waals surface area contributed by atoms with Gasteiger partial charge in [0.15, 0.2) is 5.78 Å². The smallest absolute Gasteiger partial charge is 0.170 e. The number of benzene rings is 1. The Labute approximate surface area is 98.6 Å². The molecule has 2 rings (SSSR count). The largest absolute Gasteiger partial charge is 0.327 e. The van der Waals surface area contributed by atoms with Gasteiger partial charge in [-0.3, -0.25) is 4.79 Å². The molecule has 1 aromatic rings. The molecule has 0 amide bonds. The maximum absolute atomic E-state index is 13.5. The van der Waals surface area contributed by atoms with Crippen LogP contribution in [0.4, 0.5) is 4.39 Å². The second-order valence-corrected chi connectivity index (χ2v) is 4.63. The zero-order valence-electron chi connectivity index (χ0n) is 8.75. The molecule has 2 unspecified atom stereocenters. The monoisotopic (exact) mass is 241 g/mol. The van der Waals surface area contributed by atoms with E-state index in [1.54, 1.807) is 0 Å². The Kier molecular flexibility index (Phi) is 3.26. The van der Waals surface area contributed by atoms with E-state index in [1.807, 2.05) is 0 Å². The summed E-state index contributed by atoms with van der Waals surface area (Å²) in [5, 5.41) is 0.296. The molecule has 2 nitrogen and oxygen atoms in total. The van der Waals surface area contributed by atoms with Gasteiger partial charge in [0.25, 0.3) is 0 Å². The Hall–Kier alpha value is -0.930. The van der Waals surface area contributed by atoms with E-state index >= 15 is 0 Å². The van der Waals surface area contributed by atoms with Crippen LogP contribution in [0.15, 0.2) is 18.2 Å². The summed E-state index contributed by atoms with van der Waals surface area (Å²) in [5.41, 5.74) is 5.93.